The minimum atomic E-state index is -0.586. The summed E-state index contributed by atoms with van der Waals surface area (Å²) in [7, 11) is 3.06. The van der Waals surface area contributed by atoms with Crippen molar-refractivity contribution in [2.75, 3.05) is 20.8 Å². The van der Waals surface area contributed by atoms with E-state index < -0.39 is 11.9 Å². The molecule has 0 spiro atoms. The molecule has 1 atom stereocenters. The van der Waals surface area contributed by atoms with E-state index in [1.165, 1.54) is 14.2 Å². The maximum absolute atomic E-state index is 12.0. The Labute approximate surface area is 161 Å². The number of nitrogens with zero attached hydrogens (tertiary/aromatic N) is 2. The first-order valence-corrected chi connectivity index (χ1v) is 8.56. The van der Waals surface area contributed by atoms with Gasteiger partial charge in [0.15, 0.2) is 11.5 Å². The van der Waals surface area contributed by atoms with Crippen LogP contribution in [0.4, 0.5) is 0 Å². The first-order chi connectivity index (χ1) is 13.5. The third-order valence-electron chi connectivity index (χ3n) is 4.39. The Bertz CT molecular complexity index is 973. The summed E-state index contributed by atoms with van der Waals surface area (Å²) in [6, 6.07) is 7.39. The quantitative estimate of drug-likeness (QED) is 0.720. The number of carbonyl (C=O) groups is 1. The average Bonchev–Trinajstić information content (AvgIpc) is 3.08. The molecule has 0 unspecified atom stereocenters. The smallest absolute Gasteiger partial charge is 0.311 e. The van der Waals surface area contributed by atoms with Gasteiger partial charge in [-0.05, 0) is 24.6 Å². The van der Waals surface area contributed by atoms with E-state index in [4.69, 9.17) is 24.7 Å². The van der Waals surface area contributed by atoms with Crippen molar-refractivity contribution in [2.45, 2.75) is 19.3 Å². The molecule has 1 aromatic carbocycles. The summed E-state index contributed by atoms with van der Waals surface area (Å²) in [5.41, 5.74) is 7.94. The average molecular weight is 384 g/mol. The number of aromatic nitrogens is 2. The van der Waals surface area contributed by atoms with Gasteiger partial charge in [0, 0.05) is 0 Å². The molecule has 9 nitrogen and oxygen atoms in total. The third-order valence-corrected chi connectivity index (χ3v) is 4.39. The lowest BCUT2D eigenvalue weighted by molar-refractivity contribution is -0.142. The Morgan fingerprint density at radius 3 is 2.75 bits per heavy atom. The minimum Gasteiger partial charge on any atom is -0.493 e. The van der Waals surface area contributed by atoms with Gasteiger partial charge in [-0.1, -0.05) is 6.07 Å². The molecular weight excluding hydrogens is 364 g/mol. The van der Waals surface area contributed by atoms with Gasteiger partial charge in [-0.3, -0.25) is 9.89 Å². The van der Waals surface area contributed by atoms with Gasteiger partial charge in [-0.25, -0.2) is 0 Å². The maximum atomic E-state index is 12.0. The lowest BCUT2D eigenvalue weighted by Crippen LogP contribution is -2.22. The molecule has 0 radical (unpaired) electrons. The van der Waals surface area contributed by atoms with Crippen LogP contribution in [0.1, 0.15) is 29.7 Å². The largest absolute Gasteiger partial charge is 0.493 e. The zero-order valence-corrected chi connectivity index (χ0v) is 15.7. The number of hydrogen-bond donors (Lipinski definition) is 2. The fourth-order valence-electron chi connectivity index (χ4n) is 3.17. The number of benzene rings is 1. The standard InChI is InChI=1S/C19H20N4O5/c1-4-27-15(24)8-12-17-16(10-5-6-13(25-2)14(7-10)26-3)11(9-20)18(21)28-19(17)23-22-12/h5-7,16H,4,8,21H2,1-3H3,(H,22,23)/t16-/m1/s1. The molecule has 1 aliphatic heterocycles. The second kappa shape index (κ2) is 7.92. The SMILES string of the molecule is CCOC(=O)Cc1[nH]nc2c1[C@H](c1ccc(OC)c(OC)c1)C(C#N)=C(N)O2. The summed E-state index contributed by atoms with van der Waals surface area (Å²) in [4.78, 5) is 12.0. The van der Waals surface area contributed by atoms with Crippen LogP contribution in [0.2, 0.25) is 0 Å². The molecular formula is C19H20N4O5. The highest BCUT2D eigenvalue weighted by atomic mass is 16.5. The highest BCUT2D eigenvalue weighted by Gasteiger charge is 2.36. The zero-order chi connectivity index (χ0) is 20.3. The van der Waals surface area contributed by atoms with E-state index in [-0.39, 0.29) is 30.4 Å². The van der Waals surface area contributed by atoms with Crippen LogP contribution in [0, 0.1) is 11.3 Å². The monoisotopic (exact) mass is 384 g/mol. The summed E-state index contributed by atoms with van der Waals surface area (Å²) in [5.74, 6) is 0.226. The Morgan fingerprint density at radius 1 is 1.36 bits per heavy atom. The number of nitrogens with two attached hydrogens (primary N) is 1. The van der Waals surface area contributed by atoms with Crippen molar-refractivity contribution >= 4 is 5.97 Å². The molecule has 9 heteroatoms. The van der Waals surface area contributed by atoms with Crippen molar-refractivity contribution in [1.29, 1.82) is 5.26 Å². The first-order valence-electron chi connectivity index (χ1n) is 8.56. The molecule has 3 N–H and O–H groups in total. The van der Waals surface area contributed by atoms with E-state index in [2.05, 4.69) is 16.3 Å². The molecule has 0 fully saturated rings. The van der Waals surface area contributed by atoms with Gasteiger partial charge in [-0.2, -0.15) is 5.26 Å². The van der Waals surface area contributed by atoms with Gasteiger partial charge >= 0.3 is 5.97 Å². The summed E-state index contributed by atoms with van der Waals surface area (Å²) in [5, 5.41) is 16.6. The van der Waals surface area contributed by atoms with E-state index in [1.807, 2.05) is 0 Å². The molecule has 3 rings (SSSR count). The molecule has 1 aliphatic rings. The van der Waals surface area contributed by atoms with Gasteiger partial charge in [0.05, 0.1) is 44.4 Å². The van der Waals surface area contributed by atoms with Gasteiger partial charge in [-0.15, -0.1) is 5.10 Å². The summed E-state index contributed by atoms with van der Waals surface area (Å²) in [6.45, 7) is 1.99. The van der Waals surface area contributed by atoms with Gasteiger partial charge in [0.2, 0.25) is 11.8 Å². The number of nitrogens with one attached hydrogen (secondary N) is 1. The van der Waals surface area contributed by atoms with Gasteiger partial charge in [0.1, 0.15) is 11.6 Å². The molecule has 2 heterocycles. The molecule has 2 aromatic rings. The van der Waals surface area contributed by atoms with Gasteiger partial charge < -0.3 is 24.7 Å². The normalized spacial score (nSPS) is 15.3. The Balaban J connectivity index is 2.13. The van der Waals surface area contributed by atoms with Crippen LogP contribution in [0.3, 0.4) is 0 Å². The van der Waals surface area contributed by atoms with Crippen LogP contribution in [0.25, 0.3) is 0 Å². The lowest BCUT2D eigenvalue weighted by Gasteiger charge is -2.24. The molecule has 1 aromatic heterocycles. The molecule has 28 heavy (non-hydrogen) atoms. The summed E-state index contributed by atoms with van der Waals surface area (Å²) >= 11 is 0. The van der Waals surface area contributed by atoms with Crippen molar-refractivity contribution in [1.82, 2.24) is 10.2 Å². The summed E-state index contributed by atoms with van der Waals surface area (Å²) < 4.78 is 21.2. The number of methoxy groups -OCH3 is 2. The topological polar surface area (TPSA) is 132 Å². The highest BCUT2D eigenvalue weighted by molar-refractivity contribution is 5.73. The van der Waals surface area contributed by atoms with Crippen molar-refractivity contribution in [3.63, 3.8) is 0 Å². The second-order valence-electron chi connectivity index (χ2n) is 5.94. The Kier molecular flexibility index (Phi) is 5.40. The molecule has 146 valence electrons. The fourth-order valence-corrected chi connectivity index (χ4v) is 3.17. The van der Waals surface area contributed by atoms with E-state index in [0.717, 1.165) is 0 Å². The number of nitriles is 1. The van der Waals surface area contributed by atoms with Crippen LogP contribution < -0.4 is 19.9 Å². The number of allylic oxidation sites excluding steroid dienone is 1. The van der Waals surface area contributed by atoms with E-state index >= 15 is 0 Å². The number of hydrogen-bond acceptors (Lipinski definition) is 8. The van der Waals surface area contributed by atoms with Crippen LogP contribution >= 0.6 is 0 Å². The van der Waals surface area contributed by atoms with Crippen molar-refractivity contribution in [2.24, 2.45) is 5.73 Å². The fraction of sp³-hybridized carbons (Fsp3) is 0.316. The zero-order valence-electron chi connectivity index (χ0n) is 15.7. The Hall–Kier alpha value is -3.67. The summed E-state index contributed by atoms with van der Waals surface area (Å²) in [6.07, 6.45) is -0.0397. The van der Waals surface area contributed by atoms with Gasteiger partial charge in [0.25, 0.3) is 0 Å². The van der Waals surface area contributed by atoms with Crippen molar-refractivity contribution in [3.8, 4) is 23.4 Å². The maximum Gasteiger partial charge on any atom is 0.311 e. The Morgan fingerprint density at radius 2 is 2.11 bits per heavy atom. The molecule has 0 aliphatic carbocycles. The molecule has 0 amide bonds. The molecule has 0 saturated carbocycles. The molecule has 0 saturated heterocycles. The predicted octanol–water partition coefficient (Wildman–Crippen LogP) is 1.75. The van der Waals surface area contributed by atoms with Crippen molar-refractivity contribution in [3.05, 3.63) is 46.5 Å². The highest BCUT2D eigenvalue weighted by Crippen LogP contribution is 2.44. The lowest BCUT2D eigenvalue weighted by atomic mass is 9.83. The van der Waals surface area contributed by atoms with Crippen LogP contribution in [-0.4, -0.2) is 37.0 Å². The first kappa shape index (κ1) is 19.1. The third kappa shape index (κ3) is 3.32. The van der Waals surface area contributed by atoms with Crippen molar-refractivity contribution < 1.29 is 23.7 Å². The number of carbonyl (C=O) groups excluding carboxylic acids is 1. The van der Waals surface area contributed by atoms with E-state index in [1.54, 1.807) is 25.1 Å². The molecule has 0 bridgehead atoms. The van der Waals surface area contributed by atoms with Crippen LogP contribution in [0.15, 0.2) is 29.7 Å². The van der Waals surface area contributed by atoms with E-state index in [0.29, 0.717) is 28.3 Å². The second-order valence-corrected chi connectivity index (χ2v) is 5.94. The number of ether oxygens (including phenoxy) is 4. The van der Waals surface area contributed by atoms with Crippen LogP contribution in [-0.2, 0) is 16.0 Å². The number of aromatic amines is 1. The number of rotatable bonds is 6. The number of H-pyrrole nitrogens is 1. The van der Waals surface area contributed by atoms with Crippen LogP contribution in [0.5, 0.6) is 17.4 Å². The number of esters is 1. The van der Waals surface area contributed by atoms with E-state index in [9.17, 15) is 10.1 Å². The number of fused-ring (bicyclic) bond motifs is 1. The minimum absolute atomic E-state index is 0.0380. The predicted molar refractivity (Wildman–Crippen MR) is 97.8 cm³/mol.